The molecule has 104 valence electrons. The molecule has 0 aliphatic rings. The van der Waals surface area contributed by atoms with Crippen molar-refractivity contribution < 1.29 is 4.92 Å². The molecular formula is C12H13N5O3. The van der Waals surface area contributed by atoms with Crippen LogP contribution in [-0.2, 0) is 6.54 Å². The van der Waals surface area contributed by atoms with Crippen molar-refractivity contribution in [3.05, 3.63) is 56.9 Å². The maximum atomic E-state index is 11.6. The van der Waals surface area contributed by atoms with Gasteiger partial charge in [-0.05, 0) is 6.92 Å². The van der Waals surface area contributed by atoms with Gasteiger partial charge in [0.25, 0.3) is 11.2 Å². The molecule has 0 spiro atoms. The second-order valence-electron chi connectivity index (χ2n) is 4.03. The fourth-order valence-electron chi connectivity index (χ4n) is 1.63. The van der Waals surface area contributed by atoms with Gasteiger partial charge < -0.3 is 9.88 Å². The molecule has 8 heteroatoms. The summed E-state index contributed by atoms with van der Waals surface area (Å²) in [6.45, 7) is 2.82. The van der Waals surface area contributed by atoms with Crippen molar-refractivity contribution in [1.29, 1.82) is 0 Å². The third-order valence-corrected chi connectivity index (χ3v) is 2.57. The van der Waals surface area contributed by atoms with Crippen molar-refractivity contribution in [1.82, 2.24) is 14.5 Å². The number of anilines is 1. The van der Waals surface area contributed by atoms with E-state index in [1.54, 1.807) is 6.20 Å². The molecule has 0 bridgehead atoms. The molecule has 0 unspecified atom stereocenters. The van der Waals surface area contributed by atoms with E-state index < -0.39 is 4.92 Å². The Morgan fingerprint density at radius 1 is 1.35 bits per heavy atom. The summed E-state index contributed by atoms with van der Waals surface area (Å²) in [6.07, 6.45) is 4.28. The van der Waals surface area contributed by atoms with E-state index in [1.807, 2.05) is 6.92 Å². The first-order chi connectivity index (χ1) is 9.60. The van der Waals surface area contributed by atoms with E-state index in [1.165, 1.54) is 29.1 Å². The van der Waals surface area contributed by atoms with Gasteiger partial charge in [0.05, 0.1) is 35.8 Å². The molecule has 0 saturated heterocycles. The lowest BCUT2D eigenvalue weighted by Gasteiger charge is -2.06. The fraction of sp³-hybridized carbons (Fsp3) is 0.250. The Hall–Kier alpha value is -2.77. The predicted molar refractivity (Wildman–Crippen MR) is 72.7 cm³/mol. The van der Waals surface area contributed by atoms with Gasteiger partial charge in [0, 0.05) is 18.7 Å². The van der Waals surface area contributed by atoms with Gasteiger partial charge in [0.1, 0.15) is 5.82 Å². The average Bonchev–Trinajstić information content (AvgIpc) is 2.43. The molecule has 2 rings (SSSR count). The third kappa shape index (κ3) is 3.16. The van der Waals surface area contributed by atoms with Crippen LogP contribution in [0.1, 0.15) is 12.6 Å². The Morgan fingerprint density at radius 2 is 2.15 bits per heavy atom. The van der Waals surface area contributed by atoms with E-state index >= 15 is 0 Å². The molecule has 0 aliphatic heterocycles. The number of nitrogens with zero attached hydrogens (tertiary/aromatic N) is 4. The first-order valence-electron chi connectivity index (χ1n) is 6.00. The van der Waals surface area contributed by atoms with Crippen LogP contribution in [0.5, 0.6) is 0 Å². The zero-order valence-corrected chi connectivity index (χ0v) is 10.8. The molecule has 2 heterocycles. The van der Waals surface area contributed by atoms with E-state index in [-0.39, 0.29) is 17.8 Å². The largest absolute Gasteiger partial charge is 0.369 e. The van der Waals surface area contributed by atoms with Gasteiger partial charge in [-0.3, -0.25) is 19.9 Å². The van der Waals surface area contributed by atoms with Crippen LogP contribution in [0, 0.1) is 10.1 Å². The molecule has 0 fully saturated rings. The summed E-state index contributed by atoms with van der Waals surface area (Å²) in [5, 5.41) is 13.7. The molecule has 8 nitrogen and oxygen atoms in total. The Bertz CT molecular complexity index is 666. The number of hydrogen-bond donors (Lipinski definition) is 1. The van der Waals surface area contributed by atoms with Crippen LogP contribution in [0.15, 0.2) is 35.5 Å². The van der Waals surface area contributed by atoms with Gasteiger partial charge in [0.2, 0.25) is 0 Å². The van der Waals surface area contributed by atoms with Crippen LogP contribution in [0.25, 0.3) is 0 Å². The van der Waals surface area contributed by atoms with Crippen LogP contribution < -0.4 is 10.9 Å². The molecule has 0 amide bonds. The molecule has 0 radical (unpaired) electrons. The quantitative estimate of drug-likeness (QED) is 0.645. The SMILES string of the molecule is CCNc1cnc(Cn2cc([N+](=O)[O-])ccc2=O)cn1. The molecule has 1 N–H and O–H groups in total. The van der Waals surface area contributed by atoms with Gasteiger partial charge >= 0.3 is 0 Å². The van der Waals surface area contributed by atoms with Gasteiger partial charge in [0.15, 0.2) is 0 Å². The van der Waals surface area contributed by atoms with Crippen molar-refractivity contribution in [2.45, 2.75) is 13.5 Å². The minimum atomic E-state index is -0.546. The van der Waals surface area contributed by atoms with Crippen LogP contribution in [0.4, 0.5) is 11.5 Å². The van der Waals surface area contributed by atoms with Crippen LogP contribution in [0.3, 0.4) is 0 Å². The average molecular weight is 275 g/mol. The smallest absolute Gasteiger partial charge is 0.285 e. The molecule has 20 heavy (non-hydrogen) atoms. The zero-order valence-electron chi connectivity index (χ0n) is 10.8. The monoisotopic (exact) mass is 275 g/mol. The van der Waals surface area contributed by atoms with Gasteiger partial charge in [-0.1, -0.05) is 0 Å². The van der Waals surface area contributed by atoms with Crippen molar-refractivity contribution in [3.8, 4) is 0 Å². The molecule has 2 aromatic heterocycles. The Kier molecular flexibility index (Phi) is 4.04. The Balaban J connectivity index is 2.23. The van der Waals surface area contributed by atoms with Crippen molar-refractivity contribution in [2.24, 2.45) is 0 Å². The van der Waals surface area contributed by atoms with Gasteiger partial charge in [-0.25, -0.2) is 4.98 Å². The van der Waals surface area contributed by atoms with Gasteiger partial charge in [-0.15, -0.1) is 0 Å². The highest BCUT2D eigenvalue weighted by atomic mass is 16.6. The van der Waals surface area contributed by atoms with E-state index in [0.29, 0.717) is 11.5 Å². The lowest BCUT2D eigenvalue weighted by atomic mass is 10.3. The molecule has 0 aliphatic carbocycles. The van der Waals surface area contributed by atoms with Gasteiger partial charge in [-0.2, -0.15) is 0 Å². The fourth-order valence-corrected chi connectivity index (χ4v) is 1.63. The molecular weight excluding hydrogens is 262 g/mol. The van der Waals surface area contributed by atoms with E-state index in [0.717, 1.165) is 6.54 Å². The lowest BCUT2D eigenvalue weighted by Crippen LogP contribution is -2.20. The van der Waals surface area contributed by atoms with E-state index in [4.69, 9.17) is 0 Å². The highest BCUT2D eigenvalue weighted by molar-refractivity contribution is 5.30. The Morgan fingerprint density at radius 3 is 2.75 bits per heavy atom. The summed E-state index contributed by atoms with van der Waals surface area (Å²) < 4.78 is 1.23. The van der Waals surface area contributed by atoms with Crippen LogP contribution in [0.2, 0.25) is 0 Å². The first-order valence-corrected chi connectivity index (χ1v) is 6.00. The number of hydrogen-bond acceptors (Lipinski definition) is 6. The highest BCUT2D eigenvalue weighted by Crippen LogP contribution is 2.08. The second-order valence-corrected chi connectivity index (χ2v) is 4.03. The summed E-state index contributed by atoms with van der Waals surface area (Å²) in [5.74, 6) is 0.641. The van der Waals surface area contributed by atoms with E-state index in [2.05, 4.69) is 15.3 Å². The number of aromatic nitrogens is 3. The van der Waals surface area contributed by atoms with Crippen molar-refractivity contribution >= 4 is 11.5 Å². The number of nitrogens with one attached hydrogen (secondary N) is 1. The molecule has 0 atom stereocenters. The lowest BCUT2D eigenvalue weighted by molar-refractivity contribution is -0.385. The molecule has 0 saturated carbocycles. The second kappa shape index (κ2) is 5.91. The zero-order chi connectivity index (χ0) is 14.5. The van der Waals surface area contributed by atoms with Crippen LogP contribution >= 0.6 is 0 Å². The maximum absolute atomic E-state index is 11.6. The molecule has 2 aromatic rings. The summed E-state index contributed by atoms with van der Waals surface area (Å²) in [4.78, 5) is 30.1. The van der Waals surface area contributed by atoms with Crippen LogP contribution in [-0.4, -0.2) is 26.0 Å². The summed E-state index contributed by atoms with van der Waals surface area (Å²) in [5.41, 5.74) is 0.0873. The number of pyridine rings is 1. The highest BCUT2D eigenvalue weighted by Gasteiger charge is 2.08. The standard InChI is InChI=1S/C12H13N5O3/c1-2-13-11-6-14-9(5-15-11)7-16-8-10(17(19)20)3-4-12(16)18/h3-6,8H,2,7H2,1H3,(H,13,15). The summed E-state index contributed by atoms with van der Waals surface area (Å²) in [7, 11) is 0. The molecule has 0 aromatic carbocycles. The predicted octanol–water partition coefficient (Wildman–Crippen LogP) is 1.03. The summed E-state index contributed by atoms with van der Waals surface area (Å²) in [6, 6.07) is 2.34. The normalized spacial score (nSPS) is 10.2. The summed E-state index contributed by atoms with van der Waals surface area (Å²) >= 11 is 0. The number of nitro groups is 1. The Labute approximate surface area is 114 Å². The number of rotatable bonds is 5. The topological polar surface area (TPSA) is 103 Å². The minimum Gasteiger partial charge on any atom is -0.369 e. The maximum Gasteiger partial charge on any atom is 0.285 e. The van der Waals surface area contributed by atoms with Crippen molar-refractivity contribution in [2.75, 3.05) is 11.9 Å². The first kappa shape index (κ1) is 13.7. The minimum absolute atomic E-state index is 0.137. The third-order valence-electron chi connectivity index (χ3n) is 2.57. The van der Waals surface area contributed by atoms with E-state index in [9.17, 15) is 14.9 Å². The van der Waals surface area contributed by atoms with Crippen molar-refractivity contribution in [3.63, 3.8) is 0 Å².